The van der Waals surface area contributed by atoms with E-state index in [0.717, 1.165) is 30.0 Å². The molecule has 0 saturated heterocycles. The third-order valence-corrected chi connectivity index (χ3v) is 5.73. The Morgan fingerprint density at radius 3 is 2.54 bits per heavy atom. The Morgan fingerprint density at radius 2 is 1.92 bits per heavy atom. The summed E-state index contributed by atoms with van der Waals surface area (Å²) in [6.07, 6.45) is 0. The van der Waals surface area contributed by atoms with Crippen molar-refractivity contribution >= 4 is 44.3 Å². The minimum absolute atomic E-state index is 0.184. The highest BCUT2D eigenvalue weighted by Crippen LogP contribution is 2.27. The molecule has 0 aliphatic heterocycles. The van der Waals surface area contributed by atoms with Crippen molar-refractivity contribution in [3.05, 3.63) is 53.3 Å². The van der Waals surface area contributed by atoms with Gasteiger partial charge in [-0.3, -0.25) is 9.52 Å². The number of rotatable bonds is 4. The molecule has 2 aromatic rings. The first kappa shape index (κ1) is 18.6. The van der Waals surface area contributed by atoms with Crippen LogP contribution >= 0.6 is 23.4 Å². The summed E-state index contributed by atoms with van der Waals surface area (Å²) in [5.74, 6) is -0.625. The molecule has 9 heteroatoms. The lowest BCUT2D eigenvalue weighted by molar-refractivity contribution is 0.241. The maximum atomic E-state index is 13.1. The zero-order chi connectivity index (χ0) is 17.9. The van der Waals surface area contributed by atoms with Crippen molar-refractivity contribution in [3.63, 3.8) is 0 Å². The predicted molar refractivity (Wildman–Crippen MR) is 93.6 cm³/mol. The fourth-order valence-corrected chi connectivity index (χ4v) is 4.02. The van der Waals surface area contributed by atoms with Crippen LogP contribution in [-0.4, -0.2) is 32.7 Å². The molecule has 128 valence electrons. The van der Waals surface area contributed by atoms with Crippen LogP contribution in [0.3, 0.4) is 0 Å². The minimum Gasteiger partial charge on any atom is -0.339 e. The Balaban J connectivity index is 2.25. The van der Waals surface area contributed by atoms with Gasteiger partial charge >= 0.3 is 0 Å². The van der Waals surface area contributed by atoms with Gasteiger partial charge in [0.2, 0.25) is 0 Å². The summed E-state index contributed by atoms with van der Waals surface area (Å²) in [6, 6.07) is 9.42. The van der Waals surface area contributed by atoms with Gasteiger partial charge in [0.05, 0.1) is 5.02 Å². The lowest BCUT2D eigenvalue weighted by atomic mass is 10.3. The predicted octanol–water partition coefficient (Wildman–Crippen LogP) is 4.05. The second kappa shape index (κ2) is 7.42. The van der Waals surface area contributed by atoms with E-state index in [1.807, 2.05) is 0 Å². The number of hydrogen-bond donors (Lipinski definition) is 1. The van der Waals surface area contributed by atoms with Gasteiger partial charge in [-0.25, -0.2) is 12.8 Å². The molecular weight excluding hydrogens is 375 g/mol. The van der Waals surface area contributed by atoms with Crippen molar-refractivity contribution in [2.45, 2.75) is 9.79 Å². The van der Waals surface area contributed by atoms with Gasteiger partial charge in [-0.05, 0) is 48.2 Å². The monoisotopic (exact) mass is 388 g/mol. The van der Waals surface area contributed by atoms with Crippen LogP contribution in [0.4, 0.5) is 14.9 Å². The van der Waals surface area contributed by atoms with E-state index in [4.69, 9.17) is 11.6 Å². The van der Waals surface area contributed by atoms with Gasteiger partial charge in [0.1, 0.15) is 10.7 Å². The Hall–Kier alpha value is -1.77. The maximum Gasteiger partial charge on any atom is 0.285 e. The van der Waals surface area contributed by atoms with Crippen LogP contribution < -0.4 is 4.72 Å². The van der Waals surface area contributed by atoms with E-state index >= 15 is 0 Å². The summed E-state index contributed by atoms with van der Waals surface area (Å²) in [5.41, 5.74) is 0.270. The van der Waals surface area contributed by atoms with Gasteiger partial charge in [0, 0.05) is 24.7 Å². The van der Waals surface area contributed by atoms with Gasteiger partial charge in [0.25, 0.3) is 15.3 Å². The Bertz CT molecular complexity index is 873. The number of nitrogens with zero attached hydrogens (tertiary/aromatic N) is 1. The number of halogens is 2. The molecule has 0 aliphatic carbocycles. The first-order valence-corrected chi connectivity index (χ1v) is 9.34. The Labute approximate surface area is 148 Å². The van der Waals surface area contributed by atoms with Gasteiger partial charge in [0.15, 0.2) is 0 Å². The van der Waals surface area contributed by atoms with E-state index in [2.05, 4.69) is 4.72 Å². The number of carbonyl (C=O) groups is 1. The van der Waals surface area contributed by atoms with Crippen molar-refractivity contribution in [3.8, 4) is 0 Å². The molecule has 0 aliphatic rings. The first-order chi connectivity index (χ1) is 11.2. The molecule has 0 bridgehead atoms. The molecule has 0 radical (unpaired) electrons. The molecule has 0 heterocycles. The standard InChI is InChI=1S/C15H14ClFN2O3S2/c1-19(2)15(20)23-12-5-3-4-11(9-12)18-24(21,22)14-7-6-10(17)8-13(14)16/h3-9,18H,1-2H3. The molecule has 0 unspecified atom stereocenters. The fourth-order valence-electron chi connectivity index (χ4n) is 1.72. The van der Waals surface area contributed by atoms with E-state index in [9.17, 15) is 17.6 Å². The van der Waals surface area contributed by atoms with E-state index in [-0.39, 0.29) is 20.8 Å². The van der Waals surface area contributed by atoms with E-state index in [1.165, 1.54) is 11.0 Å². The average molecular weight is 389 g/mol. The molecule has 0 spiro atoms. The second-order valence-corrected chi connectivity index (χ2v) is 8.05. The normalized spacial score (nSPS) is 11.2. The topological polar surface area (TPSA) is 66.5 Å². The number of carbonyl (C=O) groups excluding carboxylic acids is 1. The van der Waals surface area contributed by atoms with Crippen LogP contribution in [0.1, 0.15) is 0 Å². The summed E-state index contributed by atoms with van der Waals surface area (Å²) >= 11 is 6.77. The third kappa shape index (κ3) is 4.62. The summed E-state index contributed by atoms with van der Waals surface area (Å²) in [4.78, 5) is 13.5. The summed E-state index contributed by atoms with van der Waals surface area (Å²) in [6.45, 7) is 0. The second-order valence-electron chi connectivity index (χ2n) is 4.97. The van der Waals surface area contributed by atoms with Crippen LogP contribution in [0.15, 0.2) is 52.3 Å². The van der Waals surface area contributed by atoms with Crippen LogP contribution in [0.25, 0.3) is 0 Å². The Kier molecular flexibility index (Phi) is 5.74. The molecule has 0 saturated carbocycles. The highest BCUT2D eigenvalue weighted by atomic mass is 35.5. The Morgan fingerprint density at radius 1 is 1.21 bits per heavy atom. The van der Waals surface area contributed by atoms with Crippen molar-refractivity contribution in [2.75, 3.05) is 18.8 Å². The highest BCUT2D eigenvalue weighted by Gasteiger charge is 2.19. The van der Waals surface area contributed by atoms with Crippen LogP contribution in [0, 0.1) is 5.82 Å². The number of anilines is 1. The molecule has 1 N–H and O–H groups in total. The lowest BCUT2D eigenvalue weighted by Gasteiger charge is -2.12. The number of benzene rings is 2. The first-order valence-electron chi connectivity index (χ1n) is 6.66. The van der Waals surface area contributed by atoms with E-state index in [0.29, 0.717) is 4.90 Å². The van der Waals surface area contributed by atoms with Gasteiger partial charge in [-0.1, -0.05) is 17.7 Å². The summed E-state index contributed by atoms with van der Waals surface area (Å²) in [7, 11) is -0.729. The number of thioether (sulfide) groups is 1. The summed E-state index contributed by atoms with van der Waals surface area (Å²) < 4.78 is 40.2. The van der Waals surface area contributed by atoms with Crippen LogP contribution in [0.2, 0.25) is 5.02 Å². The summed E-state index contributed by atoms with van der Waals surface area (Å²) in [5, 5.41) is -0.396. The smallest absolute Gasteiger partial charge is 0.285 e. The van der Waals surface area contributed by atoms with Crippen molar-refractivity contribution in [1.29, 1.82) is 0 Å². The molecule has 2 aromatic carbocycles. The molecule has 0 aromatic heterocycles. The zero-order valence-electron chi connectivity index (χ0n) is 12.8. The van der Waals surface area contributed by atoms with Crippen molar-refractivity contribution < 1.29 is 17.6 Å². The largest absolute Gasteiger partial charge is 0.339 e. The zero-order valence-corrected chi connectivity index (χ0v) is 15.2. The maximum absolute atomic E-state index is 13.1. The SMILES string of the molecule is CN(C)C(=O)Sc1cccc(NS(=O)(=O)c2ccc(F)cc2Cl)c1. The molecule has 2 rings (SSSR count). The van der Waals surface area contributed by atoms with Crippen molar-refractivity contribution in [2.24, 2.45) is 0 Å². The number of hydrogen-bond acceptors (Lipinski definition) is 4. The fraction of sp³-hybridized carbons (Fsp3) is 0.133. The van der Waals surface area contributed by atoms with Crippen LogP contribution in [-0.2, 0) is 10.0 Å². The van der Waals surface area contributed by atoms with E-state index in [1.54, 1.807) is 32.3 Å². The van der Waals surface area contributed by atoms with Crippen LogP contribution in [0.5, 0.6) is 0 Å². The minimum atomic E-state index is -3.98. The highest BCUT2D eigenvalue weighted by molar-refractivity contribution is 8.13. The number of nitrogens with one attached hydrogen (secondary N) is 1. The van der Waals surface area contributed by atoms with E-state index < -0.39 is 15.8 Å². The lowest BCUT2D eigenvalue weighted by Crippen LogP contribution is -2.16. The van der Waals surface area contributed by atoms with Crippen molar-refractivity contribution in [1.82, 2.24) is 4.90 Å². The molecule has 5 nitrogen and oxygen atoms in total. The average Bonchev–Trinajstić information content (AvgIpc) is 2.46. The quantitative estimate of drug-likeness (QED) is 0.802. The third-order valence-electron chi connectivity index (χ3n) is 2.84. The molecule has 1 amide bonds. The number of sulfonamides is 1. The number of amides is 1. The molecule has 0 atom stereocenters. The van der Waals surface area contributed by atoms with Gasteiger partial charge in [-0.15, -0.1) is 0 Å². The molecular formula is C15H14ClFN2O3S2. The molecule has 24 heavy (non-hydrogen) atoms. The van der Waals surface area contributed by atoms with Gasteiger partial charge < -0.3 is 4.90 Å². The molecule has 0 fully saturated rings. The van der Waals surface area contributed by atoms with Gasteiger partial charge in [-0.2, -0.15) is 0 Å².